The monoisotopic (exact) mass is 277 g/mol. The third-order valence-electron chi connectivity index (χ3n) is 5.14. The van der Waals surface area contributed by atoms with Crippen molar-refractivity contribution in [1.29, 1.82) is 0 Å². The molecule has 0 amide bonds. The zero-order valence-electron chi connectivity index (χ0n) is 12.9. The SMILES string of the molecule is CNC(Cc1nc(C2CC3CCC2C3)no1)CC(C)C. The Kier molecular flexibility index (Phi) is 4.11. The molecule has 0 aromatic carbocycles. The molecular weight excluding hydrogens is 250 g/mol. The van der Waals surface area contributed by atoms with Crippen LogP contribution in [0.5, 0.6) is 0 Å². The fourth-order valence-electron chi connectivity index (χ4n) is 4.15. The number of nitrogens with zero attached hydrogens (tertiary/aromatic N) is 2. The van der Waals surface area contributed by atoms with Crippen molar-refractivity contribution < 1.29 is 4.52 Å². The van der Waals surface area contributed by atoms with Gasteiger partial charge >= 0.3 is 0 Å². The topological polar surface area (TPSA) is 51.0 Å². The van der Waals surface area contributed by atoms with Crippen molar-refractivity contribution in [3.05, 3.63) is 11.7 Å². The second kappa shape index (κ2) is 5.84. The zero-order chi connectivity index (χ0) is 14.1. The van der Waals surface area contributed by atoms with E-state index in [0.717, 1.165) is 36.4 Å². The lowest BCUT2D eigenvalue weighted by atomic mass is 9.88. The Hall–Kier alpha value is -0.900. The molecular formula is C16H27N3O. The fraction of sp³-hybridized carbons (Fsp3) is 0.875. The molecule has 2 aliphatic rings. The molecule has 4 atom stereocenters. The summed E-state index contributed by atoms with van der Waals surface area (Å²) in [6.07, 6.45) is 7.45. The third-order valence-corrected chi connectivity index (χ3v) is 5.14. The van der Waals surface area contributed by atoms with E-state index >= 15 is 0 Å². The number of likely N-dealkylation sites (N-methyl/N-ethyl adjacent to an activating group) is 1. The van der Waals surface area contributed by atoms with E-state index in [9.17, 15) is 0 Å². The van der Waals surface area contributed by atoms with Gasteiger partial charge in [-0.2, -0.15) is 4.98 Å². The Balaban J connectivity index is 1.62. The largest absolute Gasteiger partial charge is 0.339 e. The van der Waals surface area contributed by atoms with Gasteiger partial charge < -0.3 is 9.84 Å². The smallest absolute Gasteiger partial charge is 0.228 e. The van der Waals surface area contributed by atoms with Crippen molar-refractivity contribution >= 4 is 0 Å². The van der Waals surface area contributed by atoms with Gasteiger partial charge in [0.25, 0.3) is 0 Å². The second-order valence-electron chi connectivity index (χ2n) is 7.15. The summed E-state index contributed by atoms with van der Waals surface area (Å²) in [5, 5.41) is 7.63. The molecule has 1 aromatic rings. The number of hydrogen-bond acceptors (Lipinski definition) is 4. The molecule has 0 saturated heterocycles. The van der Waals surface area contributed by atoms with Gasteiger partial charge in [-0.3, -0.25) is 0 Å². The van der Waals surface area contributed by atoms with Crippen LogP contribution in [0.3, 0.4) is 0 Å². The van der Waals surface area contributed by atoms with Crippen molar-refractivity contribution in [2.24, 2.45) is 17.8 Å². The summed E-state index contributed by atoms with van der Waals surface area (Å²) in [7, 11) is 2.01. The van der Waals surface area contributed by atoms with Crippen LogP contribution in [-0.4, -0.2) is 23.2 Å². The van der Waals surface area contributed by atoms with E-state index in [0.29, 0.717) is 17.9 Å². The van der Waals surface area contributed by atoms with Crippen molar-refractivity contribution in [2.75, 3.05) is 7.05 Å². The van der Waals surface area contributed by atoms with Gasteiger partial charge in [0.05, 0.1) is 0 Å². The standard InChI is InChI=1S/C16H27N3O/c1-10(2)6-13(17-3)9-15-18-16(19-20-15)14-8-11-4-5-12(14)7-11/h10-14,17H,4-9H2,1-3H3. The van der Waals surface area contributed by atoms with Crippen LogP contribution in [0, 0.1) is 17.8 Å². The van der Waals surface area contributed by atoms with Gasteiger partial charge in [-0.05, 0) is 50.5 Å². The first kappa shape index (κ1) is 14.1. The summed E-state index contributed by atoms with van der Waals surface area (Å²) in [6, 6.07) is 0.434. The molecule has 2 fully saturated rings. The highest BCUT2D eigenvalue weighted by atomic mass is 16.5. The maximum atomic E-state index is 5.50. The Bertz CT molecular complexity index is 443. The van der Waals surface area contributed by atoms with E-state index in [1.165, 1.54) is 25.7 Å². The summed E-state index contributed by atoms with van der Waals surface area (Å²) in [5.41, 5.74) is 0. The van der Waals surface area contributed by atoms with E-state index in [1.54, 1.807) is 0 Å². The molecule has 0 aliphatic heterocycles. The first-order chi connectivity index (χ1) is 9.65. The Morgan fingerprint density at radius 2 is 2.15 bits per heavy atom. The molecule has 2 saturated carbocycles. The van der Waals surface area contributed by atoms with Gasteiger partial charge in [0.15, 0.2) is 5.82 Å². The lowest BCUT2D eigenvalue weighted by Crippen LogP contribution is -2.29. The highest BCUT2D eigenvalue weighted by molar-refractivity contribution is 5.06. The van der Waals surface area contributed by atoms with E-state index in [2.05, 4.69) is 29.3 Å². The number of hydrogen-bond donors (Lipinski definition) is 1. The van der Waals surface area contributed by atoms with Gasteiger partial charge in [-0.25, -0.2) is 0 Å². The molecule has 20 heavy (non-hydrogen) atoms. The molecule has 1 heterocycles. The predicted octanol–water partition coefficient (Wildman–Crippen LogP) is 3.15. The highest BCUT2D eigenvalue weighted by Gasteiger charge is 2.42. The van der Waals surface area contributed by atoms with Gasteiger partial charge in [0, 0.05) is 18.4 Å². The molecule has 4 unspecified atom stereocenters. The normalized spacial score (nSPS) is 30.3. The first-order valence-corrected chi connectivity index (χ1v) is 8.15. The molecule has 1 aromatic heterocycles. The fourth-order valence-corrected chi connectivity index (χ4v) is 4.15. The molecule has 4 heteroatoms. The van der Waals surface area contributed by atoms with Crippen LogP contribution in [0.2, 0.25) is 0 Å². The third kappa shape index (κ3) is 2.90. The van der Waals surface area contributed by atoms with Crippen LogP contribution in [0.25, 0.3) is 0 Å². The van der Waals surface area contributed by atoms with E-state index in [4.69, 9.17) is 4.52 Å². The van der Waals surface area contributed by atoms with Gasteiger partial charge in [-0.15, -0.1) is 0 Å². The molecule has 112 valence electrons. The molecule has 2 aliphatic carbocycles. The first-order valence-electron chi connectivity index (χ1n) is 8.15. The van der Waals surface area contributed by atoms with Crippen molar-refractivity contribution in [2.45, 2.75) is 64.3 Å². The maximum absolute atomic E-state index is 5.50. The molecule has 2 bridgehead atoms. The number of aromatic nitrogens is 2. The Morgan fingerprint density at radius 1 is 1.30 bits per heavy atom. The molecule has 4 nitrogen and oxygen atoms in total. The summed E-state index contributed by atoms with van der Waals surface area (Å²) >= 11 is 0. The zero-order valence-corrected chi connectivity index (χ0v) is 12.9. The predicted molar refractivity (Wildman–Crippen MR) is 78.5 cm³/mol. The average Bonchev–Trinajstić information content (AvgIpc) is 3.12. The molecule has 3 rings (SSSR count). The number of rotatable bonds is 6. The summed E-state index contributed by atoms with van der Waals surface area (Å²) in [5.74, 6) is 4.79. The molecule has 1 N–H and O–H groups in total. The summed E-state index contributed by atoms with van der Waals surface area (Å²) < 4.78 is 5.50. The average molecular weight is 277 g/mol. The highest BCUT2D eigenvalue weighted by Crippen LogP contribution is 2.52. The van der Waals surface area contributed by atoms with Gasteiger partial charge in [0.2, 0.25) is 5.89 Å². The van der Waals surface area contributed by atoms with Crippen LogP contribution in [0.1, 0.15) is 63.6 Å². The second-order valence-corrected chi connectivity index (χ2v) is 7.15. The van der Waals surface area contributed by atoms with Gasteiger partial charge in [0.1, 0.15) is 0 Å². The minimum atomic E-state index is 0.434. The minimum absolute atomic E-state index is 0.434. The van der Waals surface area contributed by atoms with Crippen molar-refractivity contribution in [3.63, 3.8) is 0 Å². The minimum Gasteiger partial charge on any atom is -0.339 e. The maximum Gasteiger partial charge on any atom is 0.228 e. The quantitative estimate of drug-likeness (QED) is 0.868. The van der Waals surface area contributed by atoms with E-state index in [1.807, 2.05) is 7.05 Å². The summed E-state index contributed by atoms with van der Waals surface area (Å²) in [6.45, 7) is 4.50. The van der Waals surface area contributed by atoms with Crippen LogP contribution in [0.4, 0.5) is 0 Å². The van der Waals surface area contributed by atoms with E-state index in [-0.39, 0.29) is 0 Å². The van der Waals surface area contributed by atoms with Crippen molar-refractivity contribution in [3.8, 4) is 0 Å². The lowest BCUT2D eigenvalue weighted by molar-refractivity contribution is 0.333. The van der Waals surface area contributed by atoms with Crippen LogP contribution in [-0.2, 0) is 6.42 Å². The van der Waals surface area contributed by atoms with Crippen LogP contribution >= 0.6 is 0 Å². The Labute approximate surface area is 121 Å². The lowest BCUT2D eigenvalue weighted by Gasteiger charge is -2.17. The van der Waals surface area contributed by atoms with Crippen LogP contribution in [0.15, 0.2) is 4.52 Å². The van der Waals surface area contributed by atoms with Gasteiger partial charge in [-0.1, -0.05) is 25.4 Å². The Morgan fingerprint density at radius 3 is 2.75 bits per heavy atom. The van der Waals surface area contributed by atoms with Crippen molar-refractivity contribution in [1.82, 2.24) is 15.5 Å². The molecule has 0 spiro atoms. The van der Waals surface area contributed by atoms with Crippen LogP contribution < -0.4 is 5.32 Å². The number of nitrogens with one attached hydrogen (secondary N) is 1. The van der Waals surface area contributed by atoms with E-state index < -0.39 is 0 Å². The number of fused-ring (bicyclic) bond motifs is 2. The summed E-state index contributed by atoms with van der Waals surface area (Å²) in [4.78, 5) is 4.69. The molecule has 0 radical (unpaired) electrons.